The lowest BCUT2D eigenvalue weighted by Crippen LogP contribution is -1.94. The van der Waals surface area contributed by atoms with Crippen LogP contribution in [0.2, 0.25) is 0 Å². The molecule has 0 heterocycles. The number of nitrogens with two attached hydrogens (primary N) is 1. The van der Waals surface area contributed by atoms with Gasteiger partial charge in [0.05, 0.1) is 0 Å². The Kier molecular flexibility index (Phi) is 2.92. The van der Waals surface area contributed by atoms with Gasteiger partial charge in [-0.15, -0.1) is 0 Å². The predicted octanol–water partition coefficient (Wildman–Crippen LogP) is 1.98. The third-order valence-electron chi connectivity index (χ3n) is 2.03. The van der Waals surface area contributed by atoms with Crippen LogP contribution in [0.1, 0.15) is 16.7 Å². The highest BCUT2D eigenvalue weighted by Gasteiger charge is 1.99. The van der Waals surface area contributed by atoms with Gasteiger partial charge in [0.2, 0.25) is 0 Å². The molecule has 0 aromatic heterocycles. The maximum atomic E-state index is 10.3. The third-order valence-corrected chi connectivity index (χ3v) is 2.03. The summed E-state index contributed by atoms with van der Waals surface area (Å²) in [6, 6.07) is 3.73. The minimum atomic E-state index is -0.947. The first kappa shape index (κ1) is 10.3. The van der Waals surface area contributed by atoms with Gasteiger partial charge in [-0.3, -0.25) is 0 Å². The van der Waals surface area contributed by atoms with Crippen LogP contribution in [0.4, 0.5) is 5.69 Å². The Morgan fingerprint density at radius 2 is 1.86 bits per heavy atom. The first-order valence-corrected chi connectivity index (χ1v) is 4.28. The highest BCUT2D eigenvalue weighted by molar-refractivity contribution is 5.85. The average Bonchev–Trinajstić information content (AvgIpc) is 2.10. The van der Waals surface area contributed by atoms with Gasteiger partial charge < -0.3 is 10.8 Å². The summed E-state index contributed by atoms with van der Waals surface area (Å²) in [5, 5.41) is 8.46. The van der Waals surface area contributed by atoms with Crippen LogP contribution in [0, 0.1) is 13.8 Å². The highest BCUT2D eigenvalue weighted by Crippen LogP contribution is 2.19. The fraction of sp³-hybridized carbons (Fsp3) is 0.182. The van der Waals surface area contributed by atoms with Crippen LogP contribution in [0.15, 0.2) is 18.2 Å². The zero-order valence-electron chi connectivity index (χ0n) is 8.24. The molecule has 0 saturated carbocycles. The van der Waals surface area contributed by atoms with Gasteiger partial charge in [0.1, 0.15) is 0 Å². The number of benzene rings is 1. The number of carboxylic acid groups (broad SMARTS) is 1. The van der Waals surface area contributed by atoms with Crippen molar-refractivity contribution in [2.75, 3.05) is 5.73 Å². The number of anilines is 1. The average molecular weight is 191 g/mol. The molecular formula is C11H13NO2. The lowest BCUT2D eigenvalue weighted by atomic mass is 10.0. The lowest BCUT2D eigenvalue weighted by molar-refractivity contribution is -0.131. The molecule has 14 heavy (non-hydrogen) atoms. The molecule has 0 fully saturated rings. The molecule has 0 amide bonds. The van der Waals surface area contributed by atoms with E-state index in [1.54, 1.807) is 6.08 Å². The van der Waals surface area contributed by atoms with Gasteiger partial charge in [-0.05, 0) is 48.7 Å². The van der Waals surface area contributed by atoms with Crippen molar-refractivity contribution < 1.29 is 9.90 Å². The molecule has 3 heteroatoms. The van der Waals surface area contributed by atoms with Crippen molar-refractivity contribution >= 4 is 17.7 Å². The van der Waals surface area contributed by atoms with E-state index in [1.165, 1.54) is 0 Å². The minimum absolute atomic E-state index is 0.762. The van der Waals surface area contributed by atoms with Gasteiger partial charge in [-0.2, -0.15) is 0 Å². The smallest absolute Gasteiger partial charge is 0.328 e. The molecule has 74 valence electrons. The van der Waals surface area contributed by atoms with Gasteiger partial charge in [0, 0.05) is 11.8 Å². The van der Waals surface area contributed by atoms with Crippen LogP contribution in [-0.4, -0.2) is 11.1 Å². The van der Waals surface area contributed by atoms with E-state index in [0.29, 0.717) is 0 Å². The number of carboxylic acids is 1. The number of hydrogen-bond acceptors (Lipinski definition) is 2. The predicted molar refractivity (Wildman–Crippen MR) is 57.0 cm³/mol. The van der Waals surface area contributed by atoms with E-state index in [2.05, 4.69) is 0 Å². The van der Waals surface area contributed by atoms with Gasteiger partial charge in [0.15, 0.2) is 0 Å². The molecule has 0 bridgehead atoms. The summed E-state index contributed by atoms with van der Waals surface area (Å²) in [5.41, 5.74) is 9.32. The zero-order valence-corrected chi connectivity index (χ0v) is 8.24. The molecule has 0 saturated heterocycles. The molecule has 3 N–H and O–H groups in total. The summed E-state index contributed by atoms with van der Waals surface area (Å²) in [6.07, 6.45) is 2.67. The van der Waals surface area contributed by atoms with Crippen molar-refractivity contribution in [1.82, 2.24) is 0 Å². The van der Waals surface area contributed by atoms with Gasteiger partial charge in [0.25, 0.3) is 0 Å². The topological polar surface area (TPSA) is 63.3 Å². The van der Waals surface area contributed by atoms with Crippen molar-refractivity contribution in [1.29, 1.82) is 0 Å². The van der Waals surface area contributed by atoms with Crippen LogP contribution in [0.25, 0.3) is 6.08 Å². The third kappa shape index (κ3) is 2.36. The maximum Gasteiger partial charge on any atom is 0.328 e. The van der Waals surface area contributed by atoms with E-state index in [-0.39, 0.29) is 0 Å². The monoisotopic (exact) mass is 191 g/mol. The van der Waals surface area contributed by atoms with Gasteiger partial charge >= 0.3 is 5.97 Å². The molecule has 0 atom stereocenters. The standard InChI is InChI=1S/C11H13NO2/c1-7-5-9(3-4-10(13)14)6-8(2)11(7)12/h3-6H,12H2,1-2H3,(H,13,14). The number of carbonyl (C=O) groups is 1. The SMILES string of the molecule is Cc1cc(C=CC(=O)O)cc(C)c1N. The number of rotatable bonds is 2. The van der Waals surface area contributed by atoms with E-state index in [1.807, 2.05) is 26.0 Å². The molecule has 0 aliphatic heterocycles. The Balaban J connectivity index is 3.07. The molecule has 0 spiro atoms. The lowest BCUT2D eigenvalue weighted by Gasteiger charge is -2.05. The summed E-state index contributed by atoms with van der Waals surface area (Å²) >= 11 is 0. The van der Waals surface area contributed by atoms with Crippen LogP contribution in [0.5, 0.6) is 0 Å². The quantitative estimate of drug-likeness (QED) is 0.555. The fourth-order valence-corrected chi connectivity index (χ4v) is 1.27. The Morgan fingerprint density at radius 1 is 1.36 bits per heavy atom. The molecule has 0 unspecified atom stereocenters. The second-order valence-corrected chi connectivity index (χ2v) is 3.24. The Labute approximate surface area is 82.9 Å². The zero-order chi connectivity index (χ0) is 10.7. The molecule has 0 radical (unpaired) electrons. The number of nitrogen functional groups attached to an aromatic ring is 1. The summed E-state index contributed by atoms with van der Waals surface area (Å²) < 4.78 is 0. The maximum absolute atomic E-state index is 10.3. The van der Waals surface area contributed by atoms with Crippen molar-refractivity contribution in [2.24, 2.45) is 0 Å². The molecule has 0 aliphatic carbocycles. The second kappa shape index (κ2) is 3.96. The summed E-state index contributed by atoms with van der Waals surface area (Å²) in [4.78, 5) is 10.3. The van der Waals surface area contributed by atoms with E-state index in [4.69, 9.17) is 10.8 Å². The van der Waals surface area contributed by atoms with Crippen LogP contribution >= 0.6 is 0 Å². The molecule has 1 rings (SSSR count). The van der Waals surface area contributed by atoms with Crippen molar-refractivity contribution in [2.45, 2.75) is 13.8 Å². The van der Waals surface area contributed by atoms with Crippen molar-refractivity contribution in [3.63, 3.8) is 0 Å². The van der Waals surface area contributed by atoms with Crippen LogP contribution in [0.3, 0.4) is 0 Å². The molecular weight excluding hydrogens is 178 g/mol. The van der Waals surface area contributed by atoms with E-state index in [9.17, 15) is 4.79 Å². The molecule has 1 aromatic rings. The number of aryl methyl sites for hydroxylation is 2. The van der Waals surface area contributed by atoms with Crippen LogP contribution < -0.4 is 5.73 Å². The van der Waals surface area contributed by atoms with E-state index >= 15 is 0 Å². The first-order chi connectivity index (χ1) is 6.50. The highest BCUT2D eigenvalue weighted by atomic mass is 16.4. The summed E-state index contributed by atoms with van der Waals surface area (Å²) in [6.45, 7) is 3.81. The normalized spacial score (nSPS) is 10.7. The van der Waals surface area contributed by atoms with Crippen molar-refractivity contribution in [3.05, 3.63) is 34.9 Å². The Bertz CT molecular complexity index is 371. The Morgan fingerprint density at radius 3 is 2.29 bits per heavy atom. The second-order valence-electron chi connectivity index (χ2n) is 3.24. The number of aliphatic carboxylic acids is 1. The minimum Gasteiger partial charge on any atom is -0.478 e. The van der Waals surface area contributed by atoms with Crippen LogP contribution in [-0.2, 0) is 4.79 Å². The van der Waals surface area contributed by atoms with Crippen molar-refractivity contribution in [3.8, 4) is 0 Å². The largest absolute Gasteiger partial charge is 0.478 e. The first-order valence-electron chi connectivity index (χ1n) is 4.28. The van der Waals surface area contributed by atoms with Gasteiger partial charge in [-0.25, -0.2) is 4.79 Å². The van der Waals surface area contributed by atoms with E-state index < -0.39 is 5.97 Å². The Hall–Kier alpha value is -1.77. The number of hydrogen-bond donors (Lipinski definition) is 2. The summed E-state index contributed by atoms with van der Waals surface area (Å²) in [5.74, 6) is -0.947. The van der Waals surface area contributed by atoms with Gasteiger partial charge in [-0.1, -0.05) is 0 Å². The van der Waals surface area contributed by atoms with E-state index in [0.717, 1.165) is 28.5 Å². The molecule has 0 aliphatic rings. The molecule has 1 aromatic carbocycles. The fourth-order valence-electron chi connectivity index (χ4n) is 1.27. The summed E-state index contributed by atoms with van der Waals surface area (Å²) in [7, 11) is 0. The molecule has 3 nitrogen and oxygen atoms in total.